The summed E-state index contributed by atoms with van der Waals surface area (Å²) in [5.41, 5.74) is 15.9. The summed E-state index contributed by atoms with van der Waals surface area (Å²) >= 11 is 1.83. The highest BCUT2D eigenvalue weighted by Crippen LogP contribution is 2.63. The van der Waals surface area contributed by atoms with E-state index >= 15 is 0 Å². The van der Waals surface area contributed by atoms with Gasteiger partial charge < -0.3 is 18.6 Å². The van der Waals surface area contributed by atoms with Crippen LogP contribution in [0.2, 0.25) is 0 Å². The number of aromatic nitrogens is 7. The molecule has 12 heteroatoms. The number of furan rings is 1. The van der Waals surface area contributed by atoms with Gasteiger partial charge in [-0.25, -0.2) is 4.57 Å². The van der Waals surface area contributed by atoms with E-state index in [4.69, 9.17) is 18.6 Å². The summed E-state index contributed by atoms with van der Waals surface area (Å²) in [6.45, 7) is 0. The van der Waals surface area contributed by atoms with Gasteiger partial charge in [0.1, 0.15) is 58.3 Å². The van der Waals surface area contributed by atoms with Crippen LogP contribution in [0.3, 0.4) is 0 Å². The zero-order chi connectivity index (χ0) is 64.0. The summed E-state index contributed by atoms with van der Waals surface area (Å²) in [6, 6.07) is 72.9. The Morgan fingerprint density at radius 2 is 0.770 bits per heavy atom. The standard InChI is InChI=1S/C30H17N3O.C29H14N2O2.C29H14N2OS/c1-31-15-12-19-18-5-3-14-33-29(18)24-20(28(19)31)9-11-22-26(24)30(33)25-21(34-22)10-8-16-6-7-17-4-2-13-32(30)27(17)23(16)25;1-3-16-6-5-15-7-9-20-24-22(15)26(16)30(12-1)29(24)25-21(33-20)10-8-19-23(25)27-17(4-2-13-31(27)29)18-11-14-32-28(18)19;1-3-16-6-5-15-7-9-20-24-22(15)26(16)30(12-1)29(24)25-21(32-20)10-8-19-23(25)27-17(4-2-13-31(27)29)18-11-14-33-28(18)19/h2-15H,1H3;2*1-14H/q3*+2. The number of hydrogen-bond acceptors (Lipinski definition) is 5. The third kappa shape index (κ3) is 4.83. The van der Waals surface area contributed by atoms with Crippen molar-refractivity contribution in [1.29, 1.82) is 0 Å². The summed E-state index contributed by atoms with van der Waals surface area (Å²) in [4.78, 5) is 0. The molecule has 3 spiro atoms. The van der Waals surface area contributed by atoms with Crippen molar-refractivity contribution in [3.8, 4) is 34.5 Å². The second-order valence-corrected chi connectivity index (χ2v) is 29.5. The van der Waals surface area contributed by atoms with Crippen LogP contribution in [-0.2, 0) is 24.0 Å². The van der Waals surface area contributed by atoms with Crippen LogP contribution >= 0.6 is 11.3 Å². The molecule has 3 atom stereocenters. The number of benzene rings is 12. The molecule has 9 aromatic heterocycles. The molecule has 30 rings (SSSR count). The lowest BCUT2D eigenvalue weighted by molar-refractivity contribution is -0.945. The monoisotopic (exact) mass is 1300 g/mol. The summed E-state index contributed by atoms with van der Waals surface area (Å²) in [5.74, 6) is 5.69. The number of thiophene rings is 1. The number of pyridine rings is 6. The highest BCUT2D eigenvalue weighted by molar-refractivity contribution is 7.18. The SMILES string of the molecule is C[n+]1ccc2c3cccn4c3c3c5c(ccc3c21)Oc1ccc2ccc3ccc[n+]6c3c2c1C546.c1cc2ccc3ccc4c5c3c2[n+](c1)C51c2c(ccc3c5occc5c5ccc[n+]1c5c23)O4.c1cc2ccc3ccc4c5c3c2[n+](c1)C51c2c(ccc3c5sccc5c5ccc[n+]1c5c23)O4. The highest BCUT2D eigenvalue weighted by atomic mass is 32.1. The minimum Gasteiger partial charge on any atom is -0.464 e. The van der Waals surface area contributed by atoms with Crippen LogP contribution in [0.4, 0.5) is 0 Å². The molecule has 0 bridgehead atoms. The van der Waals surface area contributed by atoms with Gasteiger partial charge in [-0.15, -0.1) is 29.6 Å². The molecule has 21 aromatic rings. The third-order valence-corrected chi connectivity index (χ3v) is 25.7. The molecule has 0 saturated heterocycles. The minimum atomic E-state index is -0.522. The van der Waals surface area contributed by atoms with Gasteiger partial charge in [0.25, 0.3) is 0 Å². The van der Waals surface area contributed by atoms with Gasteiger partial charge in [-0.05, 0) is 143 Å². The molecule has 18 heterocycles. The van der Waals surface area contributed by atoms with E-state index < -0.39 is 17.0 Å². The zero-order valence-corrected chi connectivity index (χ0v) is 53.7. The van der Waals surface area contributed by atoms with Crippen molar-refractivity contribution < 1.29 is 46.0 Å². The largest absolute Gasteiger partial charge is 0.464 e. The topological polar surface area (TPSA) is 69.0 Å². The van der Waals surface area contributed by atoms with Crippen LogP contribution in [0, 0.1) is 0 Å². The molecule has 0 saturated carbocycles. The molecule has 12 aromatic carbocycles. The normalized spacial score (nSPS) is 18.6. The number of ether oxygens (including phenoxy) is 3. The Hall–Kier alpha value is -12.9. The molecular formula is C88H45N7O4S+6. The van der Waals surface area contributed by atoms with Crippen molar-refractivity contribution in [2.75, 3.05) is 0 Å². The minimum absolute atomic E-state index is 0.476. The molecule has 9 aliphatic heterocycles. The van der Waals surface area contributed by atoms with Gasteiger partial charge in [-0.3, -0.25) is 4.57 Å². The lowest BCUT2D eigenvalue weighted by Crippen LogP contribution is -2.72. The Labute approximate surface area is 567 Å². The molecule has 0 N–H and O–H groups in total. The summed E-state index contributed by atoms with van der Waals surface area (Å²) in [7, 11) is 2.15. The van der Waals surface area contributed by atoms with Crippen molar-refractivity contribution >= 4 is 173 Å². The van der Waals surface area contributed by atoms with E-state index in [2.05, 4.69) is 288 Å². The summed E-state index contributed by atoms with van der Waals surface area (Å²) in [5, 5.41) is 28.9. The molecule has 3 unspecified atom stereocenters. The van der Waals surface area contributed by atoms with Crippen LogP contribution in [0.5, 0.6) is 34.5 Å². The smallest absolute Gasteiger partial charge is 0.425 e. The van der Waals surface area contributed by atoms with E-state index in [1.54, 1.807) is 6.26 Å². The van der Waals surface area contributed by atoms with Gasteiger partial charge in [-0.2, -0.15) is 4.57 Å². The number of fused-ring (bicyclic) bond motifs is 9. The maximum atomic E-state index is 6.70. The number of rotatable bonds is 0. The first-order valence-electron chi connectivity index (χ1n) is 34.3. The van der Waals surface area contributed by atoms with E-state index in [0.717, 1.165) is 50.9 Å². The lowest BCUT2D eigenvalue weighted by Gasteiger charge is -2.32. The first-order valence-corrected chi connectivity index (χ1v) is 35.2. The summed E-state index contributed by atoms with van der Waals surface area (Å²) in [6.07, 6.45) is 17.5. The van der Waals surface area contributed by atoms with E-state index in [0.29, 0.717) is 0 Å². The van der Waals surface area contributed by atoms with Crippen molar-refractivity contribution in [3.63, 3.8) is 0 Å². The predicted octanol–water partition coefficient (Wildman–Crippen LogP) is 17.2. The fraction of sp³-hybridized carbons (Fsp3) is 0.0455. The average Bonchev–Trinajstić information content (AvgIpc) is 1.49. The molecule has 11 nitrogen and oxygen atoms in total. The Kier molecular flexibility index (Phi) is 7.80. The van der Waals surface area contributed by atoms with E-state index in [1.165, 1.54) is 179 Å². The average molecular weight is 1300 g/mol. The molecule has 0 fully saturated rings. The fourth-order valence-corrected chi connectivity index (χ4v) is 22.5. The second kappa shape index (κ2) is 15.7. The second-order valence-electron chi connectivity index (χ2n) is 28.6. The van der Waals surface area contributed by atoms with Crippen LogP contribution in [0.25, 0.3) is 162 Å². The molecule has 100 heavy (non-hydrogen) atoms. The number of hydrogen-bond donors (Lipinski definition) is 0. The van der Waals surface area contributed by atoms with Crippen LogP contribution in [-0.4, -0.2) is 4.57 Å². The van der Waals surface area contributed by atoms with Gasteiger partial charge in [0.2, 0.25) is 33.1 Å². The van der Waals surface area contributed by atoms with Gasteiger partial charge in [0.15, 0.2) is 59.4 Å². The molecule has 9 aliphatic rings. The zero-order valence-electron chi connectivity index (χ0n) is 52.9. The Morgan fingerprint density at radius 1 is 0.320 bits per heavy atom. The fourth-order valence-electron chi connectivity index (χ4n) is 21.6. The van der Waals surface area contributed by atoms with Crippen molar-refractivity contribution in [3.05, 3.63) is 289 Å². The maximum Gasteiger partial charge on any atom is 0.425 e. The molecule has 0 amide bonds. The van der Waals surface area contributed by atoms with Gasteiger partial charge >= 0.3 is 17.0 Å². The maximum absolute atomic E-state index is 6.70. The first kappa shape index (κ1) is 49.6. The van der Waals surface area contributed by atoms with Crippen LogP contribution in [0.1, 0.15) is 33.4 Å². The number of aryl methyl sites for hydroxylation is 1. The van der Waals surface area contributed by atoms with E-state index in [9.17, 15) is 0 Å². The third-order valence-electron chi connectivity index (χ3n) is 24.8. The molecule has 0 aliphatic carbocycles. The highest BCUT2D eigenvalue weighted by Gasteiger charge is 2.71. The quantitative estimate of drug-likeness (QED) is 0.112. The number of nitrogens with zero attached hydrogens (tertiary/aromatic N) is 7. The van der Waals surface area contributed by atoms with Crippen molar-refractivity contribution in [2.45, 2.75) is 17.0 Å². The van der Waals surface area contributed by atoms with Gasteiger partial charge in [-0.1, -0.05) is 42.5 Å². The first-order chi connectivity index (χ1) is 49.5. The lowest BCUT2D eigenvalue weighted by atomic mass is 9.85. The van der Waals surface area contributed by atoms with Crippen molar-refractivity contribution in [2.24, 2.45) is 7.05 Å². The van der Waals surface area contributed by atoms with Crippen molar-refractivity contribution in [1.82, 2.24) is 4.57 Å². The Bertz CT molecular complexity index is 7580. The van der Waals surface area contributed by atoms with Gasteiger partial charge in [0, 0.05) is 95.8 Å². The van der Waals surface area contributed by atoms with E-state index in [-0.39, 0.29) is 0 Å². The Morgan fingerprint density at radius 3 is 1.39 bits per heavy atom. The molecule has 0 radical (unpaired) electrons. The van der Waals surface area contributed by atoms with Crippen LogP contribution < -0.4 is 41.6 Å². The predicted molar refractivity (Wildman–Crippen MR) is 386 cm³/mol. The summed E-state index contributed by atoms with van der Waals surface area (Å²) < 4.78 is 44.7. The van der Waals surface area contributed by atoms with E-state index in [1.807, 2.05) is 11.3 Å². The Balaban J connectivity index is 0.0000000834. The van der Waals surface area contributed by atoms with Gasteiger partial charge in [0.05, 0.1) is 60.3 Å². The molecular weight excluding hydrogens is 1250 g/mol. The van der Waals surface area contributed by atoms with Crippen LogP contribution in [0.15, 0.2) is 260 Å². The molecule has 456 valence electrons.